The first-order chi connectivity index (χ1) is 12.5. The van der Waals surface area contributed by atoms with E-state index in [1.165, 1.54) is 22.2 Å². The molecule has 2 aromatic heterocycles. The van der Waals surface area contributed by atoms with Crippen molar-refractivity contribution < 1.29 is 14.3 Å². The number of fused-ring (bicyclic) bond motifs is 2. The predicted molar refractivity (Wildman–Crippen MR) is 98.0 cm³/mol. The van der Waals surface area contributed by atoms with Crippen molar-refractivity contribution in [3.8, 4) is 11.5 Å². The van der Waals surface area contributed by atoms with Crippen LogP contribution in [0.2, 0.25) is 0 Å². The van der Waals surface area contributed by atoms with Crippen molar-refractivity contribution in [3.63, 3.8) is 0 Å². The highest BCUT2D eigenvalue weighted by Gasteiger charge is 2.22. The van der Waals surface area contributed by atoms with Crippen molar-refractivity contribution in [3.05, 3.63) is 50.9 Å². The molecule has 1 aliphatic heterocycles. The summed E-state index contributed by atoms with van der Waals surface area (Å²) in [6, 6.07) is 5.37. The third-order valence-electron chi connectivity index (χ3n) is 4.46. The molecule has 1 atom stereocenters. The summed E-state index contributed by atoms with van der Waals surface area (Å²) in [6.07, 6.45) is 1.47. The molecule has 4 rings (SSSR count). The maximum atomic E-state index is 12.8. The van der Waals surface area contributed by atoms with Crippen LogP contribution in [-0.2, 0) is 7.05 Å². The Labute approximate surface area is 153 Å². The number of nitrogens with zero attached hydrogens (tertiary/aromatic N) is 2. The molecular weight excluding hydrogens is 354 g/mol. The van der Waals surface area contributed by atoms with Gasteiger partial charge in [-0.3, -0.25) is 9.59 Å². The Morgan fingerprint density at radius 3 is 2.92 bits per heavy atom. The largest absolute Gasteiger partial charge is 0.454 e. The van der Waals surface area contributed by atoms with Gasteiger partial charge >= 0.3 is 0 Å². The lowest BCUT2D eigenvalue weighted by Crippen LogP contribution is -2.26. The second kappa shape index (κ2) is 6.14. The van der Waals surface area contributed by atoms with Crippen LogP contribution in [0.25, 0.3) is 10.2 Å². The van der Waals surface area contributed by atoms with Gasteiger partial charge in [0.25, 0.3) is 11.5 Å². The van der Waals surface area contributed by atoms with Gasteiger partial charge in [-0.15, -0.1) is 11.3 Å². The summed E-state index contributed by atoms with van der Waals surface area (Å²) in [5, 5.41) is 3.48. The summed E-state index contributed by atoms with van der Waals surface area (Å²) in [5.74, 6) is 1.15. The number of aromatic nitrogens is 2. The summed E-state index contributed by atoms with van der Waals surface area (Å²) in [4.78, 5) is 30.4. The van der Waals surface area contributed by atoms with Crippen molar-refractivity contribution in [2.24, 2.45) is 7.05 Å². The summed E-state index contributed by atoms with van der Waals surface area (Å²) < 4.78 is 12.1. The van der Waals surface area contributed by atoms with Crippen LogP contribution in [0.3, 0.4) is 0 Å². The molecule has 1 N–H and O–H groups in total. The molecule has 0 aliphatic carbocycles. The van der Waals surface area contributed by atoms with Crippen molar-refractivity contribution in [1.82, 2.24) is 14.9 Å². The van der Waals surface area contributed by atoms with E-state index in [0.717, 1.165) is 5.56 Å². The quantitative estimate of drug-likeness (QED) is 0.765. The number of hydrogen-bond acceptors (Lipinski definition) is 6. The van der Waals surface area contributed by atoms with Gasteiger partial charge in [0.2, 0.25) is 6.79 Å². The molecule has 26 heavy (non-hydrogen) atoms. The maximum absolute atomic E-state index is 12.8. The highest BCUT2D eigenvalue weighted by molar-refractivity contribution is 7.20. The van der Waals surface area contributed by atoms with Crippen LogP contribution in [0.15, 0.2) is 29.3 Å². The molecule has 8 heteroatoms. The molecule has 0 radical (unpaired) electrons. The number of rotatable bonds is 3. The molecule has 1 aliphatic rings. The zero-order valence-electron chi connectivity index (χ0n) is 14.5. The van der Waals surface area contributed by atoms with E-state index in [0.29, 0.717) is 32.2 Å². The van der Waals surface area contributed by atoms with Gasteiger partial charge in [0.15, 0.2) is 11.5 Å². The Balaban J connectivity index is 1.62. The van der Waals surface area contributed by atoms with E-state index in [2.05, 4.69) is 10.3 Å². The van der Waals surface area contributed by atoms with E-state index in [9.17, 15) is 9.59 Å². The van der Waals surface area contributed by atoms with Crippen molar-refractivity contribution in [2.45, 2.75) is 19.9 Å². The van der Waals surface area contributed by atoms with Gasteiger partial charge < -0.3 is 19.4 Å². The second-order valence-electron chi connectivity index (χ2n) is 6.20. The smallest absolute Gasteiger partial charge is 0.262 e. The van der Waals surface area contributed by atoms with Crippen molar-refractivity contribution in [2.75, 3.05) is 6.79 Å². The molecule has 0 bridgehead atoms. The van der Waals surface area contributed by atoms with Crippen LogP contribution >= 0.6 is 11.3 Å². The summed E-state index contributed by atoms with van der Waals surface area (Å²) in [6.45, 7) is 3.89. The predicted octanol–water partition coefficient (Wildman–Crippen LogP) is 2.52. The summed E-state index contributed by atoms with van der Waals surface area (Å²) >= 11 is 1.23. The summed E-state index contributed by atoms with van der Waals surface area (Å²) in [7, 11) is 1.65. The average molecular weight is 371 g/mol. The van der Waals surface area contributed by atoms with Crippen LogP contribution in [0.1, 0.15) is 33.8 Å². The lowest BCUT2D eigenvalue weighted by Gasteiger charge is -2.14. The molecule has 0 saturated heterocycles. The normalized spacial score (nSPS) is 13.8. The number of carbonyl (C=O) groups is 1. The molecule has 3 heterocycles. The fraction of sp³-hybridized carbons (Fsp3) is 0.278. The van der Waals surface area contributed by atoms with E-state index in [-0.39, 0.29) is 24.3 Å². The van der Waals surface area contributed by atoms with Gasteiger partial charge in [-0.2, -0.15) is 0 Å². The number of ether oxygens (including phenoxy) is 2. The number of amides is 1. The van der Waals surface area contributed by atoms with E-state index in [4.69, 9.17) is 9.47 Å². The topological polar surface area (TPSA) is 82.4 Å². The molecule has 3 aromatic rings. The Kier molecular flexibility index (Phi) is 3.91. The second-order valence-corrected chi connectivity index (χ2v) is 7.20. The van der Waals surface area contributed by atoms with E-state index in [1.54, 1.807) is 14.0 Å². The molecule has 1 unspecified atom stereocenters. The molecule has 1 amide bonds. The third kappa shape index (κ3) is 2.62. The fourth-order valence-electron chi connectivity index (χ4n) is 2.95. The third-order valence-corrected chi connectivity index (χ3v) is 5.66. The number of thiophene rings is 1. The molecule has 0 saturated carbocycles. The van der Waals surface area contributed by atoms with Gasteiger partial charge in [0, 0.05) is 7.05 Å². The first kappa shape index (κ1) is 16.6. The lowest BCUT2D eigenvalue weighted by atomic mass is 10.1. The SMILES string of the molecule is Cc1c(C(=O)NC(C)c2ccc3c(c2)OCO3)sc2ncn(C)c(=O)c12. The number of carbonyl (C=O) groups excluding carboxylic acids is 1. The van der Waals surface area contributed by atoms with Crippen molar-refractivity contribution in [1.29, 1.82) is 0 Å². The van der Waals surface area contributed by atoms with Crippen LogP contribution in [0.5, 0.6) is 11.5 Å². The van der Waals surface area contributed by atoms with Gasteiger partial charge in [-0.1, -0.05) is 6.07 Å². The number of nitrogens with one attached hydrogen (secondary N) is 1. The zero-order chi connectivity index (χ0) is 18.4. The molecule has 134 valence electrons. The van der Waals surface area contributed by atoms with Gasteiger partial charge in [0.1, 0.15) is 4.83 Å². The van der Waals surface area contributed by atoms with E-state index >= 15 is 0 Å². The highest BCUT2D eigenvalue weighted by atomic mass is 32.1. The minimum absolute atomic E-state index is 0.147. The number of hydrogen-bond donors (Lipinski definition) is 1. The van der Waals surface area contributed by atoms with E-state index < -0.39 is 0 Å². The number of benzene rings is 1. The van der Waals surface area contributed by atoms with Crippen LogP contribution < -0.4 is 20.3 Å². The monoisotopic (exact) mass is 371 g/mol. The van der Waals surface area contributed by atoms with E-state index in [1.807, 2.05) is 25.1 Å². The zero-order valence-corrected chi connectivity index (χ0v) is 15.3. The standard InChI is InChI=1S/C18H17N3O4S/c1-9-14-17(19-7-21(3)18(14)23)26-15(9)16(22)20-10(2)11-4-5-12-13(6-11)25-8-24-12/h4-7,10H,8H2,1-3H3,(H,20,22). The minimum Gasteiger partial charge on any atom is -0.454 e. The molecule has 0 fully saturated rings. The van der Waals surface area contributed by atoms with Crippen LogP contribution in [0, 0.1) is 6.92 Å². The first-order valence-corrected chi connectivity index (χ1v) is 8.92. The Morgan fingerprint density at radius 2 is 2.12 bits per heavy atom. The Bertz CT molecular complexity index is 1090. The summed E-state index contributed by atoms with van der Waals surface area (Å²) in [5.41, 5.74) is 1.43. The van der Waals surface area contributed by atoms with Crippen molar-refractivity contribution >= 4 is 27.5 Å². The maximum Gasteiger partial charge on any atom is 0.262 e. The lowest BCUT2D eigenvalue weighted by molar-refractivity contribution is 0.0943. The van der Waals surface area contributed by atoms with Gasteiger partial charge in [-0.25, -0.2) is 4.98 Å². The van der Waals surface area contributed by atoms with Gasteiger partial charge in [0.05, 0.1) is 22.6 Å². The first-order valence-electron chi connectivity index (χ1n) is 8.11. The molecular formula is C18H17N3O4S. The highest BCUT2D eigenvalue weighted by Crippen LogP contribution is 2.34. The minimum atomic E-state index is -0.225. The Morgan fingerprint density at radius 1 is 1.35 bits per heavy atom. The molecule has 0 spiro atoms. The van der Waals surface area contributed by atoms with Gasteiger partial charge in [-0.05, 0) is 37.1 Å². The average Bonchev–Trinajstić information content (AvgIpc) is 3.22. The number of aryl methyl sites for hydroxylation is 2. The fourth-order valence-corrected chi connectivity index (χ4v) is 4.00. The molecule has 1 aromatic carbocycles. The Hall–Kier alpha value is -2.87. The van der Waals surface area contributed by atoms with Crippen LogP contribution in [-0.4, -0.2) is 22.3 Å². The molecule has 7 nitrogen and oxygen atoms in total. The van der Waals surface area contributed by atoms with Crippen LogP contribution in [0.4, 0.5) is 0 Å².